The van der Waals surface area contributed by atoms with Crippen molar-refractivity contribution in [3.63, 3.8) is 0 Å². The van der Waals surface area contributed by atoms with E-state index in [0.29, 0.717) is 25.4 Å². The van der Waals surface area contributed by atoms with Crippen molar-refractivity contribution >= 4 is 11.6 Å². The van der Waals surface area contributed by atoms with Crippen LogP contribution in [0.2, 0.25) is 0 Å². The molecular formula is C25H26N2O3. The molecule has 1 heterocycles. The predicted molar refractivity (Wildman–Crippen MR) is 118 cm³/mol. The summed E-state index contributed by atoms with van der Waals surface area (Å²) in [5.74, 6) is 0.393. The molecule has 154 valence electrons. The lowest BCUT2D eigenvalue weighted by molar-refractivity contribution is 0.0763. The van der Waals surface area contributed by atoms with Gasteiger partial charge in [-0.05, 0) is 42.3 Å². The van der Waals surface area contributed by atoms with Crippen molar-refractivity contribution in [2.45, 2.75) is 13.0 Å². The molecule has 30 heavy (non-hydrogen) atoms. The summed E-state index contributed by atoms with van der Waals surface area (Å²) in [5.41, 5.74) is 2.51. The molecule has 0 bridgehead atoms. The van der Waals surface area contributed by atoms with Crippen molar-refractivity contribution in [2.75, 3.05) is 31.1 Å². The molecule has 4 rings (SSSR count). The van der Waals surface area contributed by atoms with E-state index in [1.165, 1.54) is 11.8 Å². The van der Waals surface area contributed by atoms with Gasteiger partial charge in [-0.2, -0.15) is 0 Å². The molecule has 0 aliphatic carbocycles. The van der Waals surface area contributed by atoms with Crippen LogP contribution in [0.5, 0.6) is 11.5 Å². The van der Waals surface area contributed by atoms with E-state index in [0.717, 1.165) is 25.1 Å². The molecule has 0 aromatic heterocycles. The molecule has 0 spiro atoms. The van der Waals surface area contributed by atoms with Crippen molar-refractivity contribution in [3.05, 3.63) is 90.0 Å². The number of carbonyl (C=O) groups excluding carboxylic acids is 1. The van der Waals surface area contributed by atoms with Crippen LogP contribution in [0.15, 0.2) is 78.9 Å². The molecule has 3 aromatic rings. The van der Waals surface area contributed by atoms with Gasteiger partial charge in [-0.1, -0.05) is 48.5 Å². The van der Waals surface area contributed by atoms with Gasteiger partial charge in [0, 0.05) is 31.9 Å². The molecule has 5 heteroatoms. The zero-order valence-electron chi connectivity index (χ0n) is 16.9. The Labute approximate surface area is 177 Å². The predicted octanol–water partition coefficient (Wildman–Crippen LogP) is 4.32. The van der Waals surface area contributed by atoms with Gasteiger partial charge in [-0.3, -0.25) is 4.79 Å². The van der Waals surface area contributed by atoms with E-state index in [4.69, 9.17) is 4.74 Å². The standard InChI is InChI=1S/C25H26N2O3/c28-24-13-12-22(30-19-20-8-3-1-4-9-20)18-23(24)25(29)27-15-7-14-26(16-17-27)21-10-5-2-6-11-21/h1-6,8-13,18,28H,7,14-17,19H2. The third-order valence-electron chi connectivity index (χ3n) is 5.35. The molecule has 1 aliphatic rings. The summed E-state index contributed by atoms with van der Waals surface area (Å²) in [7, 11) is 0. The van der Waals surface area contributed by atoms with Crippen LogP contribution in [0, 0.1) is 0 Å². The first kappa shape index (κ1) is 19.8. The quantitative estimate of drug-likeness (QED) is 0.690. The SMILES string of the molecule is O=C(c1cc(OCc2ccccc2)ccc1O)N1CCCN(c2ccccc2)CC1. The number of aromatic hydroxyl groups is 1. The number of phenolic OH excluding ortho intramolecular Hbond substituents is 1. The summed E-state index contributed by atoms with van der Waals surface area (Å²) in [4.78, 5) is 17.3. The maximum Gasteiger partial charge on any atom is 0.257 e. The first-order chi connectivity index (χ1) is 14.7. The lowest BCUT2D eigenvalue weighted by Crippen LogP contribution is -2.35. The highest BCUT2D eigenvalue weighted by molar-refractivity contribution is 5.97. The first-order valence-electron chi connectivity index (χ1n) is 10.3. The smallest absolute Gasteiger partial charge is 0.257 e. The van der Waals surface area contributed by atoms with Gasteiger partial charge in [0.2, 0.25) is 0 Å². The molecule has 0 radical (unpaired) electrons. The molecule has 5 nitrogen and oxygen atoms in total. The number of ether oxygens (including phenoxy) is 1. The van der Waals surface area contributed by atoms with Gasteiger partial charge >= 0.3 is 0 Å². The van der Waals surface area contributed by atoms with E-state index in [2.05, 4.69) is 17.0 Å². The second-order valence-corrected chi connectivity index (χ2v) is 7.42. The lowest BCUT2D eigenvalue weighted by atomic mass is 10.1. The van der Waals surface area contributed by atoms with E-state index in [-0.39, 0.29) is 17.2 Å². The van der Waals surface area contributed by atoms with Crippen LogP contribution in [-0.4, -0.2) is 42.1 Å². The third kappa shape index (κ3) is 4.74. The fraction of sp³-hybridized carbons (Fsp3) is 0.240. The summed E-state index contributed by atoms with van der Waals surface area (Å²) >= 11 is 0. The van der Waals surface area contributed by atoms with Crippen LogP contribution < -0.4 is 9.64 Å². The number of nitrogens with zero attached hydrogens (tertiary/aromatic N) is 2. The fourth-order valence-corrected chi connectivity index (χ4v) is 3.71. The van der Waals surface area contributed by atoms with Crippen molar-refractivity contribution < 1.29 is 14.6 Å². The first-order valence-corrected chi connectivity index (χ1v) is 10.3. The Balaban J connectivity index is 1.43. The van der Waals surface area contributed by atoms with Gasteiger partial charge in [0.25, 0.3) is 5.91 Å². The van der Waals surface area contributed by atoms with Gasteiger partial charge in [0.15, 0.2) is 0 Å². The van der Waals surface area contributed by atoms with Gasteiger partial charge in [0.05, 0.1) is 5.56 Å². The van der Waals surface area contributed by atoms with Gasteiger partial charge in [-0.25, -0.2) is 0 Å². The summed E-state index contributed by atoms with van der Waals surface area (Å²) < 4.78 is 5.83. The molecule has 0 unspecified atom stereocenters. The summed E-state index contributed by atoms with van der Waals surface area (Å²) in [6.45, 7) is 3.36. The minimum atomic E-state index is -0.160. The van der Waals surface area contributed by atoms with Crippen LogP contribution in [0.1, 0.15) is 22.3 Å². The van der Waals surface area contributed by atoms with E-state index in [9.17, 15) is 9.90 Å². The second-order valence-electron chi connectivity index (χ2n) is 7.42. The largest absolute Gasteiger partial charge is 0.507 e. The maximum absolute atomic E-state index is 13.1. The minimum absolute atomic E-state index is 0.0174. The zero-order chi connectivity index (χ0) is 20.8. The molecule has 3 aromatic carbocycles. The number of phenols is 1. The van der Waals surface area contributed by atoms with Gasteiger partial charge in [-0.15, -0.1) is 0 Å². The number of amides is 1. The van der Waals surface area contributed by atoms with Crippen molar-refractivity contribution in [1.82, 2.24) is 4.90 Å². The van der Waals surface area contributed by atoms with Crippen molar-refractivity contribution in [3.8, 4) is 11.5 Å². The van der Waals surface area contributed by atoms with E-state index >= 15 is 0 Å². The van der Waals surface area contributed by atoms with Crippen LogP contribution in [0.25, 0.3) is 0 Å². The number of hydrogen-bond donors (Lipinski definition) is 1. The fourth-order valence-electron chi connectivity index (χ4n) is 3.71. The average Bonchev–Trinajstić information content (AvgIpc) is 3.06. The monoisotopic (exact) mass is 402 g/mol. The number of hydrogen-bond acceptors (Lipinski definition) is 4. The van der Waals surface area contributed by atoms with Crippen LogP contribution in [0.4, 0.5) is 5.69 Å². The summed E-state index contributed by atoms with van der Waals surface area (Å²) in [6, 6.07) is 25.0. The average molecular weight is 402 g/mol. The molecule has 1 fully saturated rings. The lowest BCUT2D eigenvalue weighted by Gasteiger charge is -2.24. The Morgan fingerprint density at radius 3 is 2.37 bits per heavy atom. The number of benzene rings is 3. The summed E-state index contributed by atoms with van der Waals surface area (Å²) in [5, 5.41) is 10.3. The zero-order valence-corrected chi connectivity index (χ0v) is 16.9. The Kier molecular flexibility index (Phi) is 6.18. The topological polar surface area (TPSA) is 53.0 Å². The second kappa shape index (κ2) is 9.35. The number of para-hydroxylation sites is 1. The van der Waals surface area contributed by atoms with Crippen molar-refractivity contribution in [2.24, 2.45) is 0 Å². The highest BCUT2D eigenvalue weighted by atomic mass is 16.5. The highest BCUT2D eigenvalue weighted by Gasteiger charge is 2.23. The molecule has 1 aliphatic heterocycles. The van der Waals surface area contributed by atoms with Crippen LogP contribution in [0.3, 0.4) is 0 Å². The minimum Gasteiger partial charge on any atom is -0.507 e. The van der Waals surface area contributed by atoms with Gasteiger partial charge in [0.1, 0.15) is 18.1 Å². The van der Waals surface area contributed by atoms with Crippen LogP contribution >= 0.6 is 0 Å². The van der Waals surface area contributed by atoms with Gasteiger partial charge < -0.3 is 19.6 Å². The van der Waals surface area contributed by atoms with Crippen molar-refractivity contribution in [1.29, 1.82) is 0 Å². The number of rotatable bonds is 5. The maximum atomic E-state index is 13.1. The molecule has 1 N–H and O–H groups in total. The van der Waals surface area contributed by atoms with E-state index in [1.54, 1.807) is 12.1 Å². The molecule has 0 saturated carbocycles. The summed E-state index contributed by atoms with van der Waals surface area (Å²) in [6.07, 6.45) is 0.881. The Hall–Kier alpha value is -3.47. The van der Waals surface area contributed by atoms with E-state index < -0.39 is 0 Å². The Morgan fingerprint density at radius 1 is 0.867 bits per heavy atom. The van der Waals surface area contributed by atoms with Crippen LogP contribution in [-0.2, 0) is 6.61 Å². The Morgan fingerprint density at radius 2 is 1.60 bits per heavy atom. The molecule has 1 saturated heterocycles. The number of anilines is 1. The normalized spacial score (nSPS) is 14.3. The number of carbonyl (C=O) groups is 1. The molecule has 0 atom stereocenters. The molecule has 1 amide bonds. The molecular weight excluding hydrogens is 376 g/mol. The van der Waals surface area contributed by atoms with E-state index in [1.807, 2.05) is 53.4 Å². The highest BCUT2D eigenvalue weighted by Crippen LogP contribution is 2.26. The Bertz CT molecular complexity index is 976. The third-order valence-corrected chi connectivity index (χ3v) is 5.35.